The van der Waals surface area contributed by atoms with Crippen LogP contribution in [0.3, 0.4) is 0 Å². The van der Waals surface area contributed by atoms with Crippen molar-refractivity contribution < 1.29 is 14.0 Å². The van der Waals surface area contributed by atoms with E-state index in [9.17, 15) is 14.0 Å². The highest BCUT2D eigenvalue weighted by molar-refractivity contribution is 7.16. The van der Waals surface area contributed by atoms with Gasteiger partial charge in [-0.15, -0.1) is 11.3 Å². The molecule has 0 radical (unpaired) electrons. The first-order chi connectivity index (χ1) is 14.0. The van der Waals surface area contributed by atoms with Crippen molar-refractivity contribution >= 4 is 23.0 Å². The van der Waals surface area contributed by atoms with Gasteiger partial charge < -0.3 is 11.1 Å². The highest BCUT2D eigenvalue weighted by Crippen LogP contribution is 2.36. The highest BCUT2D eigenvalue weighted by Gasteiger charge is 2.27. The van der Waals surface area contributed by atoms with Crippen molar-refractivity contribution in [3.8, 4) is 11.3 Å². The number of aromatic nitrogens is 2. The number of amides is 1. The lowest BCUT2D eigenvalue weighted by Crippen LogP contribution is -2.41. The molecule has 1 atom stereocenters. The van der Waals surface area contributed by atoms with Crippen molar-refractivity contribution in [1.82, 2.24) is 15.1 Å². The molecule has 0 saturated carbocycles. The van der Waals surface area contributed by atoms with E-state index in [0.29, 0.717) is 29.1 Å². The number of hydrogen-bond acceptors (Lipinski definition) is 5. The molecular weight excluding hydrogens is 391 g/mol. The normalized spacial score (nSPS) is 14.1. The molecule has 150 valence electrons. The topological polar surface area (TPSA) is 90.0 Å². The molecule has 6 nitrogen and oxygen atoms in total. The fraction of sp³-hybridized carbons (Fsp3) is 0.286. The molecule has 0 fully saturated rings. The Kier molecular flexibility index (Phi) is 5.29. The zero-order valence-electron chi connectivity index (χ0n) is 15.9. The van der Waals surface area contributed by atoms with Gasteiger partial charge in [0.1, 0.15) is 5.82 Å². The maximum absolute atomic E-state index is 13.4. The van der Waals surface area contributed by atoms with Crippen LogP contribution in [0.1, 0.15) is 36.9 Å². The summed E-state index contributed by atoms with van der Waals surface area (Å²) in [6, 6.07) is 7.66. The summed E-state index contributed by atoms with van der Waals surface area (Å²) in [6.07, 6.45) is 2.55. The van der Waals surface area contributed by atoms with E-state index in [0.717, 1.165) is 22.4 Å². The third-order valence-corrected chi connectivity index (χ3v) is 6.20. The summed E-state index contributed by atoms with van der Waals surface area (Å²) in [5.74, 6) is -0.590. The maximum Gasteiger partial charge on any atom is 0.261 e. The monoisotopic (exact) mass is 412 g/mol. The Balaban J connectivity index is 1.58. The lowest BCUT2D eigenvalue weighted by Gasteiger charge is -2.16. The number of carbonyl (C=O) groups excluding carboxylic acids is 2. The van der Waals surface area contributed by atoms with Crippen LogP contribution in [-0.2, 0) is 13.0 Å². The van der Waals surface area contributed by atoms with Gasteiger partial charge in [-0.3, -0.25) is 14.3 Å². The van der Waals surface area contributed by atoms with Gasteiger partial charge in [0, 0.05) is 31.1 Å². The summed E-state index contributed by atoms with van der Waals surface area (Å²) >= 11 is 1.20. The number of hydrogen-bond donors (Lipinski definition) is 2. The molecule has 3 heterocycles. The van der Waals surface area contributed by atoms with Gasteiger partial charge >= 0.3 is 0 Å². The second-order valence-corrected chi connectivity index (χ2v) is 8.22. The Morgan fingerprint density at radius 2 is 2.24 bits per heavy atom. The molecule has 1 aliphatic rings. The lowest BCUT2D eigenvalue weighted by atomic mass is 10.1. The quantitative estimate of drug-likeness (QED) is 0.674. The standard InChI is InChI=1S/C21H21FN4O2S/c1-12-11-24-26-6-5-17(27)20-16(19(12)26)9-18(29-20)21(28)25-15(10-23)8-13-3-2-4-14(22)7-13/h2-4,7,9,11,15H,5-6,8,10,23H2,1H3,(H,25,28). The van der Waals surface area contributed by atoms with Crippen LogP contribution < -0.4 is 11.1 Å². The number of aryl methyl sites for hydroxylation is 2. The predicted octanol–water partition coefficient (Wildman–Crippen LogP) is 2.95. The lowest BCUT2D eigenvalue weighted by molar-refractivity contribution is 0.0941. The van der Waals surface area contributed by atoms with Crippen LogP contribution in [0.25, 0.3) is 11.3 Å². The maximum atomic E-state index is 13.4. The molecule has 0 bridgehead atoms. The van der Waals surface area contributed by atoms with E-state index < -0.39 is 0 Å². The molecule has 0 spiro atoms. The molecule has 4 rings (SSSR count). The van der Waals surface area contributed by atoms with Crippen molar-refractivity contribution in [2.24, 2.45) is 5.73 Å². The van der Waals surface area contributed by atoms with Crippen LogP contribution in [0.5, 0.6) is 0 Å². The number of halogens is 1. The first-order valence-electron chi connectivity index (χ1n) is 9.41. The summed E-state index contributed by atoms with van der Waals surface area (Å²) < 4.78 is 15.2. The zero-order valence-corrected chi connectivity index (χ0v) is 16.8. The fourth-order valence-corrected chi connectivity index (χ4v) is 4.63. The van der Waals surface area contributed by atoms with E-state index in [1.54, 1.807) is 24.4 Å². The van der Waals surface area contributed by atoms with Crippen LogP contribution in [-0.4, -0.2) is 34.1 Å². The van der Waals surface area contributed by atoms with E-state index in [4.69, 9.17) is 5.73 Å². The third-order valence-electron chi connectivity index (χ3n) is 5.03. The van der Waals surface area contributed by atoms with Gasteiger partial charge in [-0.1, -0.05) is 12.1 Å². The molecule has 0 saturated heterocycles. The zero-order chi connectivity index (χ0) is 20.5. The van der Waals surface area contributed by atoms with Gasteiger partial charge in [0.25, 0.3) is 5.91 Å². The number of ketones is 1. The van der Waals surface area contributed by atoms with Gasteiger partial charge in [0.15, 0.2) is 5.78 Å². The Labute approximate surface area is 171 Å². The summed E-state index contributed by atoms with van der Waals surface area (Å²) in [6.45, 7) is 2.70. The molecule has 29 heavy (non-hydrogen) atoms. The third kappa shape index (κ3) is 3.86. The molecule has 1 aromatic carbocycles. The van der Waals surface area contributed by atoms with Crippen molar-refractivity contribution in [3.05, 3.63) is 63.2 Å². The minimum atomic E-state index is -0.339. The number of nitrogens with one attached hydrogen (secondary N) is 1. The van der Waals surface area contributed by atoms with E-state index >= 15 is 0 Å². The molecule has 3 aromatic rings. The summed E-state index contributed by atoms with van der Waals surface area (Å²) in [5, 5.41) is 7.25. The number of rotatable bonds is 5. The fourth-order valence-electron chi connectivity index (χ4n) is 3.60. The average Bonchev–Trinajstić information content (AvgIpc) is 3.26. The molecule has 1 amide bonds. The number of nitrogens with zero attached hydrogens (tertiary/aromatic N) is 2. The van der Waals surface area contributed by atoms with Crippen LogP contribution in [0, 0.1) is 12.7 Å². The van der Waals surface area contributed by atoms with Gasteiger partial charge in [0.05, 0.1) is 21.6 Å². The molecule has 8 heteroatoms. The van der Waals surface area contributed by atoms with Crippen molar-refractivity contribution in [2.75, 3.05) is 6.54 Å². The Hall–Kier alpha value is -2.84. The second kappa shape index (κ2) is 7.88. The van der Waals surface area contributed by atoms with E-state index in [2.05, 4.69) is 10.4 Å². The number of Topliss-reactive ketones (excluding diaryl/α,β-unsaturated/α-hetero) is 1. The highest BCUT2D eigenvalue weighted by atomic mass is 32.1. The minimum Gasteiger partial charge on any atom is -0.347 e. The summed E-state index contributed by atoms with van der Waals surface area (Å²) in [5.41, 5.74) is 9.20. The molecule has 1 unspecified atom stereocenters. The number of benzene rings is 1. The van der Waals surface area contributed by atoms with Gasteiger partial charge in [-0.25, -0.2) is 4.39 Å². The van der Waals surface area contributed by atoms with Crippen molar-refractivity contribution in [2.45, 2.75) is 32.4 Å². The Morgan fingerprint density at radius 1 is 1.41 bits per heavy atom. The van der Waals surface area contributed by atoms with Crippen molar-refractivity contribution in [3.63, 3.8) is 0 Å². The first-order valence-corrected chi connectivity index (χ1v) is 10.2. The van der Waals surface area contributed by atoms with E-state index in [1.165, 1.54) is 23.5 Å². The Bertz CT molecular complexity index is 1090. The number of thiophene rings is 1. The molecule has 3 N–H and O–H groups in total. The van der Waals surface area contributed by atoms with E-state index in [1.807, 2.05) is 11.6 Å². The predicted molar refractivity (Wildman–Crippen MR) is 110 cm³/mol. The van der Waals surface area contributed by atoms with Crippen LogP contribution in [0.15, 0.2) is 36.5 Å². The summed E-state index contributed by atoms with van der Waals surface area (Å²) in [7, 11) is 0. The van der Waals surface area contributed by atoms with Gasteiger partial charge in [0.2, 0.25) is 0 Å². The summed E-state index contributed by atoms with van der Waals surface area (Å²) in [4.78, 5) is 26.4. The molecule has 0 aliphatic carbocycles. The van der Waals surface area contributed by atoms with E-state index in [-0.39, 0.29) is 30.1 Å². The van der Waals surface area contributed by atoms with Crippen LogP contribution in [0.2, 0.25) is 0 Å². The molecule has 1 aliphatic heterocycles. The number of fused-ring (bicyclic) bond motifs is 3. The largest absolute Gasteiger partial charge is 0.347 e. The number of carbonyl (C=O) groups is 2. The van der Waals surface area contributed by atoms with Crippen molar-refractivity contribution in [1.29, 1.82) is 0 Å². The SMILES string of the molecule is Cc1cnn2c1-c1cc(C(=O)NC(CN)Cc3cccc(F)c3)sc1C(=O)CC2. The molecule has 2 aromatic heterocycles. The average molecular weight is 412 g/mol. The van der Waals surface area contributed by atoms with Gasteiger partial charge in [-0.05, 0) is 42.7 Å². The van der Waals surface area contributed by atoms with Crippen LogP contribution in [0.4, 0.5) is 4.39 Å². The minimum absolute atomic E-state index is 0.0177. The molecular formula is C21H21FN4O2S. The smallest absolute Gasteiger partial charge is 0.261 e. The number of nitrogens with two attached hydrogens (primary N) is 1. The Morgan fingerprint density at radius 3 is 3.00 bits per heavy atom. The first kappa shape index (κ1) is 19.5. The van der Waals surface area contributed by atoms with Crippen LogP contribution >= 0.6 is 11.3 Å². The second-order valence-electron chi connectivity index (χ2n) is 7.17. The van der Waals surface area contributed by atoms with Gasteiger partial charge in [-0.2, -0.15) is 5.10 Å².